The Morgan fingerprint density at radius 2 is 2.07 bits per heavy atom. The number of aromatic nitrogens is 3. The van der Waals surface area contributed by atoms with Gasteiger partial charge in [-0.15, -0.1) is 10.2 Å². The van der Waals surface area contributed by atoms with Gasteiger partial charge in [0.15, 0.2) is 5.82 Å². The molecule has 8 nitrogen and oxygen atoms in total. The lowest BCUT2D eigenvalue weighted by Crippen LogP contribution is -2.18. The van der Waals surface area contributed by atoms with Crippen LogP contribution in [0.25, 0.3) is 11.3 Å². The van der Waals surface area contributed by atoms with Gasteiger partial charge in [-0.05, 0) is 37.5 Å². The van der Waals surface area contributed by atoms with Gasteiger partial charge in [-0.25, -0.2) is 0 Å². The average molecular weight is 408 g/mol. The number of allylic oxidation sites excluding steroid dienone is 1. The van der Waals surface area contributed by atoms with E-state index in [0.29, 0.717) is 17.9 Å². The zero-order valence-corrected chi connectivity index (χ0v) is 16.9. The Balaban J connectivity index is 1.71. The maximum Gasteiger partial charge on any atom is 0.269 e. The monoisotopic (exact) mass is 408 g/mol. The third-order valence-electron chi connectivity index (χ3n) is 5.17. The van der Waals surface area contributed by atoms with E-state index in [4.69, 9.17) is 0 Å². The summed E-state index contributed by atoms with van der Waals surface area (Å²) >= 11 is 1.48. The van der Waals surface area contributed by atoms with Crippen LogP contribution in [0, 0.1) is 21.4 Å². The highest BCUT2D eigenvalue weighted by Gasteiger charge is 2.28. The number of thioether (sulfide) groups is 1. The molecule has 148 valence electrons. The lowest BCUT2D eigenvalue weighted by atomic mass is 10.1. The fourth-order valence-electron chi connectivity index (χ4n) is 3.70. The number of nitriles is 1. The van der Waals surface area contributed by atoms with Gasteiger partial charge in [0, 0.05) is 37.1 Å². The van der Waals surface area contributed by atoms with Crippen LogP contribution in [-0.4, -0.2) is 31.1 Å². The molecule has 29 heavy (non-hydrogen) atoms. The van der Waals surface area contributed by atoms with Crippen LogP contribution in [0.3, 0.4) is 0 Å². The fourth-order valence-corrected chi connectivity index (χ4v) is 4.79. The van der Waals surface area contributed by atoms with Gasteiger partial charge < -0.3 is 9.47 Å². The molecule has 1 aromatic heterocycles. The van der Waals surface area contributed by atoms with Crippen LogP contribution in [0.1, 0.15) is 43.4 Å². The highest BCUT2D eigenvalue weighted by Crippen LogP contribution is 2.43. The normalized spacial score (nSPS) is 17.9. The summed E-state index contributed by atoms with van der Waals surface area (Å²) in [6, 6.07) is 8.83. The second-order valence-corrected chi connectivity index (χ2v) is 7.72. The van der Waals surface area contributed by atoms with Gasteiger partial charge in [0.1, 0.15) is 22.5 Å². The number of nitro groups is 1. The summed E-state index contributed by atoms with van der Waals surface area (Å²) in [5.41, 5.74) is 2.37. The van der Waals surface area contributed by atoms with Crippen LogP contribution in [0.4, 0.5) is 5.69 Å². The molecular formula is C20H20N6O2S. The standard InChI is InChI=1S/C20H20N6O2S/c1-2-24-17(14-7-9-15(10-8-14)26(27)28)13-29-20(24)16(12-21)19-23-22-18-6-4-3-5-11-25(18)19/h7-10,13H,2-6,11H2,1H3/b20-16-. The van der Waals surface area contributed by atoms with Crippen molar-refractivity contribution in [1.82, 2.24) is 19.7 Å². The zero-order chi connectivity index (χ0) is 20.4. The van der Waals surface area contributed by atoms with Gasteiger partial charge in [0.2, 0.25) is 0 Å². The first kappa shape index (κ1) is 19.2. The number of nitrogens with zero attached hydrogens (tertiary/aromatic N) is 6. The predicted octanol–water partition coefficient (Wildman–Crippen LogP) is 4.17. The quantitative estimate of drug-likeness (QED) is 0.425. The van der Waals surface area contributed by atoms with Crippen molar-refractivity contribution in [2.45, 2.75) is 39.2 Å². The molecule has 0 aliphatic carbocycles. The van der Waals surface area contributed by atoms with Crippen LogP contribution >= 0.6 is 11.8 Å². The number of hydrogen-bond acceptors (Lipinski definition) is 7. The number of hydrogen-bond donors (Lipinski definition) is 0. The van der Waals surface area contributed by atoms with E-state index in [0.717, 1.165) is 54.3 Å². The minimum absolute atomic E-state index is 0.0580. The Bertz CT molecular complexity index is 1050. The molecule has 0 amide bonds. The van der Waals surface area contributed by atoms with Crippen LogP contribution < -0.4 is 0 Å². The maximum absolute atomic E-state index is 10.9. The molecule has 0 radical (unpaired) electrons. The highest BCUT2D eigenvalue weighted by atomic mass is 32.2. The van der Waals surface area contributed by atoms with E-state index >= 15 is 0 Å². The van der Waals surface area contributed by atoms with E-state index in [9.17, 15) is 15.4 Å². The van der Waals surface area contributed by atoms with Gasteiger partial charge in [-0.3, -0.25) is 10.1 Å². The van der Waals surface area contributed by atoms with Gasteiger partial charge >= 0.3 is 0 Å². The topological polar surface area (TPSA) is 101 Å². The lowest BCUT2D eigenvalue weighted by Gasteiger charge is -2.22. The highest BCUT2D eigenvalue weighted by molar-refractivity contribution is 8.06. The summed E-state index contributed by atoms with van der Waals surface area (Å²) in [7, 11) is 0. The van der Waals surface area contributed by atoms with Gasteiger partial charge in [-0.2, -0.15) is 5.26 Å². The van der Waals surface area contributed by atoms with Gasteiger partial charge in [0.05, 0.1) is 10.6 Å². The molecular weight excluding hydrogens is 388 g/mol. The molecule has 1 aromatic carbocycles. The Labute approximate surface area is 172 Å². The third kappa shape index (κ3) is 3.51. The first-order valence-corrected chi connectivity index (χ1v) is 10.5. The number of aryl methyl sites for hydroxylation is 1. The van der Waals surface area contributed by atoms with E-state index in [1.807, 2.05) is 12.3 Å². The zero-order valence-electron chi connectivity index (χ0n) is 16.0. The van der Waals surface area contributed by atoms with E-state index in [1.54, 1.807) is 12.1 Å². The molecule has 0 N–H and O–H groups in total. The van der Waals surface area contributed by atoms with Crippen molar-refractivity contribution in [1.29, 1.82) is 5.26 Å². The Hall–Kier alpha value is -3.12. The molecule has 0 atom stereocenters. The summed E-state index contributed by atoms with van der Waals surface area (Å²) < 4.78 is 2.08. The lowest BCUT2D eigenvalue weighted by molar-refractivity contribution is -0.384. The molecule has 2 aromatic rings. The number of fused-ring (bicyclic) bond motifs is 1. The van der Waals surface area contributed by atoms with Crippen molar-refractivity contribution in [3.63, 3.8) is 0 Å². The summed E-state index contributed by atoms with van der Waals surface area (Å²) in [5, 5.41) is 32.4. The SMILES string of the molecule is CCN1C(c2ccc([N+](=O)[O-])cc2)=CS/C1=C(/C#N)c1nnc2n1CCCCC2. The molecule has 0 saturated carbocycles. The van der Waals surface area contributed by atoms with E-state index < -0.39 is 4.92 Å². The molecule has 0 saturated heterocycles. The Morgan fingerprint density at radius 1 is 1.28 bits per heavy atom. The molecule has 3 heterocycles. The largest absolute Gasteiger partial charge is 0.334 e. The van der Waals surface area contributed by atoms with Crippen molar-refractivity contribution in [3.05, 3.63) is 62.0 Å². The maximum atomic E-state index is 10.9. The van der Waals surface area contributed by atoms with Crippen LogP contribution in [0.2, 0.25) is 0 Å². The molecule has 0 bridgehead atoms. The molecule has 0 fully saturated rings. The van der Waals surface area contributed by atoms with E-state index in [-0.39, 0.29) is 5.69 Å². The van der Waals surface area contributed by atoms with Crippen molar-refractivity contribution in [2.24, 2.45) is 0 Å². The molecule has 4 rings (SSSR count). The fraction of sp³-hybridized carbons (Fsp3) is 0.350. The van der Waals surface area contributed by atoms with Crippen molar-refractivity contribution >= 4 is 28.7 Å². The predicted molar refractivity (Wildman–Crippen MR) is 111 cm³/mol. The van der Waals surface area contributed by atoms with E-state index in [2.05, 4.69) is 25.7 Å². The van der Waals surface area contributed by atoms with Crippen molar-refractivity contribution < 1.29 is 4.92 Å². The smallest absolute Gasteiger partial charge is 0.269 e. The van der Waals surface area contributed by atoms with Crippen LogP contribution in [-0.2, 0) is 13.0 Å². The third-order valence-corrected chi connectivity index (χ3v) is 6.16. The summed E-state index contributed by atoms with van der Waals surface area (Å²) in [6.45, 7) is 3.51. The van der Waals surface area contributed by atoms with Crippen molar-refractivity contribution in [2.75, 3.05) is 6.54 Å². The van der Waals surface area contributed by atoms with Gasteiger partial charge in [-0.1, -0.05) is 18.2 Å². The Kier molecular flexibility index (Phi) is 5.36. The Morgan fingerprint density at radius 3 is 2.76 bits per heavy atom. The minimum atomic E-state index is -0.407. The van der Waals surface area contributed by atoms with Gasteiger partial charge in [0.25, 0.3) is 5.69 Å². The van der Waals surface area contributed by atoms with Crippen molar-refractivity contribution in [3.8, 4) is 6.07 Å². The van der Waals surface area contributed by atoms with Crippen LogP contribution in [0.5, 0.6) is 0 Å². The minimum Gasteiger partial charge on any atom is -0.334 e. The number of benzene rings is 1. The number of non-ortho nitro benzene ring substituents is 1. The molecule has 9 heteroatoms. The molecule has 0 unspecified atom stereocenters. The molecule has 2 aliphatic heterocycles. The average Bonchev–Trinajstić information content (AvgIpc) is 3.26. The second-order valence-electron chi connectivity index (χ2n) is 6.86. The first-order valence-electron chi connectivity index (χ1n) is 9.60. The first-order chi connectivity index (χ1) is 14.1. The number of nitro benzene ring substituents is 1. The molecule has 0 spiro atoms. The summed E-state index contributed by atoms with van der Waals surface area (Å²) in [5.74, 6) is 1.57. The van der Waals surface area contributed by atoms with E-state index in [1.165, 1.54) is 23.9 Å². The molecule has 2 aliphatic rings. The number of rotatable bonds is 4. The summed E-state index contributed by atoms with van der Waals surface area (Å²) in [6.07, 6.45) is 4.20. The second kappa shape index (κ2) is 8.09. The van der Waals surface area contributed by atoms with Crippen LogP contribution in [0.15, 0.2) is 34.7 Å². The summed E-state index contributed by atoms with van der Waals surface area (Å²) in [4.78, 5) is 12.6.